The Morgan fingerprint density at radius 2 is 1.97 bits per heavy atom. The molecule has 2 amide bonds. The van der Waals surface area contributed by atoms with Gasteiger partial charge in [-0.15, -0.1) is 0 Å². The van der Waals surface area contributed by atoms with Crippen molar-refractivity contribution in [2.45, 2.75) is 45.2 Å². The first kappa shape index (κ1) is 19.9. The van der Waals surface area contributed by atoms with Gasteiger partial charge in [-0.1, -0.05) is 23.7 Å². The Hall–Kier alpha value is -2.37. The molecule has 2 aliphatic rings. The fourth-order valence-corrected chi connectivity index (χ4v) is 4.18. The average Bonchev–Trinajstić information content (AvgIpc) is 2.71. The van der Waals surface area contributed by atoms with Gasteiger partial charge in [0.15, 0.2) is 0 Å². The first-order chi connectivity index (χ1) is 14.0. The molecule has 0 saturated carbocycles. The Labute approximate surface area is 176 Å². The molecule has 6 heteroatoms. The lowest BCUT2D eigenvalue weighted by Gasteiger charge is -2.32. The van der Waals surface area contributed by atoms with Crippen molar-refractivity contribution in [3.8, 4) is 0 Å². The number of aryl methyl sites for hydroxylation is 2. The summed E-state index contributed by atoms with van der Waals surface area (Å²) in [5, 5.41) is 6.81. The lowest BCUT2D eigenvalue weighted by molar-refractivity contribution is -0.116. The molecule has 5 nitrogen and oxygen atoms in total. The van der Waals surface area contributed by atoms with E-state index in [1.807, 2.05) is 13.0 Å². The number of rotatable bonds is 4. The van der Waals surface area contributed by atoms with Gasteiger partial charge in [0.2, 0.25) is 5.91 Å². The zero-order chi connectivity index (χ0) is 20.4. The first-order valence-electron chi connectivity index (χ1n) is 10.2. The summed E-state index contributed by atoms with van der Waals surface area (Å²) in [4.78, 5) is 26.5. The number of likely N-dealkylation sites (tertiary alicyclic amines) is 1. The van der Waals surface area contributed by atoms with Crippen molar-refractivity contribution in [2.24, 2.45) is 0 Å². The molecule has 2 heterocycles. The van der Waals surface area contributed by atoms with Crippen molar-refractivity contribution in [3.05, 3.63) is 63.7 Å². The second-order valence-corrected chi connectivity index (χ2v) is 8.43. The predicted octanol–water partition coefficient (Wildman–Crippen LogP) is 3.93. The summed E-state index contributed by atoms with van der Waals surface area (Å²) in [6.07, 6.45) is 3.25. The number of carbonyl (C=O) groups excluding carboxylic acids is 2. The van der Waals surface area contributed by atoms with Crippen molar-refractivity contribution in [3.63, 3.8) is 0 Å². The normalized spacial score (nSPS) is 17.5. The minimum Gasteiger partial charge on any atom is -0.349 e. The smallest absolute Gasteiger partial charge is 0.251 e. The maximum absolute atomic E-state index is 12.5. The van der Waals surface area contributed by atoms with Crippen LogP contribution in [-0.2, 0) is 17.8 Å². The fourth-order valence-electron chi connectivity index (χ4n) is 4.07. The van der Waals surface area contributed by atoms with Crippen LogP contribution in [-0.4, -0.2) is 35.8 Å². The van der Waals surface area contributed by atoms with Crippen LogP contribution in [0.25, 0.3) is 0 Å². The quantitative estimate of drug-likeness (QED) is 0.801. The highest BCUT2D eigenvalue weighted by atomic mass is 35.5. The Bertz CT molecular complexity index is 936. The molecule has 2 aliphatic heterocycles. The summed E-state index contributed by atoms with van der Waals surface area (Å²) in [7, 11) is 0. The summed E-state index contributed by atoms with van der Waals surface area (Å²) in [5.74, 6) is 0.0655. The van der Waals surface area contributed by atoms with Crippen molar-refractivity contribution in [1.82, 2.24) is 10.2 Å². The summed E-state index contributed by atoms with van der Waals surface area (Å²) >= 11 is 6.05. The molecule has 0 aliphatic carbocycles. The zero-order valence-corrected chi connectivity index (χ0v) is 17.4. The van der Waals surface area contributed by atoms with E-state index in [4.69, 9.17) is 11.6 Å². The van der Waals surface area contributed by atoms with E-state index in [-0.39, 0.29) is 17.9 Å². The standard InChI is InChI=1S/C23H26ClN3O2/c1-15-12-18(4-6-20(15)24)23(29)25-19-8-10-27(11-9-19)14-16-2-3-17-5-7-22(28)26-21(17)13-16/h2-4,6,12-13,19H,5,7-11,14H2,1H3,(H,25,29)(H,26,28). The molecular formula is C23H26ClN3O2. The third-order valence-corrected chi connectivity index (χ3v) is 6.24. The van der Waals surface area contributed by atoms with E-state index in [1.54, 1.807) is 12.1 Å². The molecule has 152 valence electrons. The van der Waals surface area contributed by atoms with Gasteiger partial charge in [-0.2, -0.15) is 0 Å². The average molecular weight is 412 g/mol. The number of halogens is 1. The largest absolute Gasteiger partial charge is 0.349 e. The van der Waals surface area contributed by atoms with Crippen molar-refractivity contribution >= 4 is 29.1 Å². The third kappa shape index (κ3) is 4.80. The van der Waals surface area contributed by atoms with Crippen LogP contribution < -0.4 is 10.6 Å². The molecule has 29 heavy (non-hydrogen) atoms. The summed E-state index contributed by atoms with van der Waals surface area (Å²) in [6, 6.07) is 12.0. The van der Waals surface area contributed by atoms with Gasteiger partial charge in [0, 0.05) is 48.4 Å². The third-order valence-electron chi connectivity index (χ3n) is 5.82. The SMILES string of the molecule is Cc1cc(C(=O)NC2CCN(Cc3ccc4c(c3)NC(=O)CC4)CC2)ccc1Cl. The number of hydrogen-bond donors (Lipinski definition) is 2. The summed E-state index contributed by atoms with van der Waals surface area (Å²) < 4.78 is 0. The summed E-state index contributed by atoms with van der Waals surface area (Å²) in [6.45, 7) is 4.64. The second kappa shape index (κ2) is 8.56. The predicted molar refractivity (Wildman–Crippen MR) is 115 cm³/mol. The molecule has 0 spiro atoms. The molecule has 2 aromatic carbocycles. The maximum atomic E-state index is 12.5. The molecule has 4 rings (SSSR count). The fraction of sp³-hybridized carbons (Fsp3) is 0.391. The highest BCUT2D eigenvalue weighted by Gasteiger charge is 2.22. The van der Waals surface area contributed by atoms with E-state index < -0.39 is 0 Å². The van der Waals surface area contributed by atoms with Gasteiger partial charge >= 0.3 is 0 Å². The molecule has 0 aromatic heterocycles. The van der Waals surface area contributed by atoms with Gasteiger partial charge in [-0.25, -0.2) is 0 Å². The highest BCUT2D eigenvalue weighted by molar-refractivity contribution is 6.31. The van der Waals surface area contributed by atoms with Crippen LogP contribution in [0.15, 0.2) is 36.4 Å². The molecule has 0 unspecified atom stereocenters. The van der Waals surface area contributed by atoms with Crippen LogP contribution in [0.5, 0.6) is 0 Å². The first-order valence-corrected chi connectivity index (χ1v) is 10.6. The Balaban J connectivity index is 1.29. The van der Waals surface area contributed by atoms with Crippen LogP contribution in [0.1, 0.15) is 46.3 Å². The minimum absolute atomic E-state index is 0.0337. The number of amides is 2. The van der Waals surface area contributed by atoms with E-state index in [0.29, 0.717) is 17.0 Å². The van der Waals surface area contributed by atoms with Crippen molar-refractivity contribution in [1.29, 1.82) is 0 Å². The van der Waals surface area contributed by atoms with Gasteiger partial charge in [0.05, 0.1) is 0 Å². The van der Waals surface area contributed by atoms with E-state index in [2.05, 4.69) is 33.7 Å². The molecule has 1 fully saturated rings. The number of anilines is 1. The molecular weight excluding hydrogens is 386 g/mol. The molecule has 0 radical (unpaired) electrons. The topological polar surface area (TPSA) is 61.4 Å². The molecule has 0 bridgehead atoms. The monoisotopic (exact) mass is 411 g/mol. The molecule has 2 aromatic rings. The zero-order valence-electron chi connectivity index (χ0n) is 16.6. The molecule has 0 atom stereocenters. The molecule has 2 N–H and O–H groups in total. The van der Waals surface area contributed by atoms with Gasteiger partial charge in [-0.3, -0.25) is 14.5 Å². The Morgan fingerprint density at radius 3 is 2.72 bits per heavy atom. The van der Waals surface area contributed by atoms with Crippen LogP contribution in [0.3, 0.4) is 0 Å². The minimum atomic E-state index is -0.0337. The van der Waals surface area contributed by atoms with Gasteiger partial charge in [-0.05, 0) is 67.1 Å². The number of fused-ring (bicyclic) bond motifs is 1. The van der Waals surface area contributed by atoms with E-state index >= 15 is 0 Å². The van der Waals surface area contributed by atoms with Gasteiger partial charge in [0.1, 0.15) is 0 Å². The van der Waals surface area contributed by atoms with Crippen LogP contribution >= 0.6 is 11.6 Å². The van der Waals surface area contributed by atoms with Gasteiger partial charge < -0.3 is 10.6 Å². The van der Waals surface area contributed by atoms with Crippen LogP contribution in [0.4, 0.5) is 5.69 Å². The van der Waals surface area contributed by atoms with E-state index in [0.717, 1.165) is 50.1 Å². The number of piperidine rings is 1. The number of benzene rings is 2. The maximum Gasteiger partial charge on any atom is 0.251 e. The lowest BCUT2D eigenvalue weighted by atomic mass is 9.99. The second-order valence-electron chi connectivity index (χ2n) is 8.03. The number of hydrogen-bond acceptors (Lipinski definition) is 3. The Morgan fingerprint density at radius 1 is 1.17 bits per heavy atom. The van der Waals surface area contributed by atoms with Crippen molar-refractivity contribution in [2.75, 3.05) is 18.4 Å². The van der Waals surface area contributed by atoms with Crippen molar-refractivity contribution < 1.29 is 9.59 Å². The lowest BCUT2D eigenvalue weighted by Crippen LogP contribution is -2.44. The number of nitrogens with zero attached hydrogens (tertiary/aromatic N) is 1. The number of carbonyl (C=O) groups is 2. The Kier molecular flexibility index (Phi) is 5.88. The van der Waals surface area contributed by atoms with Crippen LogP contribution in [0.2, 0.25) is 5.02 Å². The van der Waals surface area contributed by atoms with E-state index in [1.165, 1.54) is 11.1 Å². The summed E-state index contributed by atoms with van der Waals surface area (Å²) in [5.41, 5.74) is 4.96. The highest BCUT2D eigenvalue weighted by Crippen LogP contribution is 2.25. The number of nitrogens with one attached hydrogen (secondary N) is 2. The van der Waals surface area contributed by atoms with E-state index in [9.17, 15) is 9.59 Å². The van der Waals surface area contributed by atoms with Crippen LogP contribution in [0, 0.1) is 6.92 Å². The molecule has 1 saturated heterocycles. The van der Waals surface area contributed by atoms with Gasteiger partial charge in [0.25, 0.3) is 5.91 Å².